The van der Waals surface area contributed by atoms with Crippen molar-refractivity contribution in [1.29, 1.82) is 0 Å². The Bertz CT molecular complexity index is 1090. The van der Waals surface area contributed by atoms with Crippen LogP contribution in [0.15, 0.2) is 96.1 Å². The molecule has 4 aromatic rings. The summed E-state index contributed by atoms with van der Waals surface area (Å²) in [6, 6.07) is 24.5. The number of hydrogen-bond donors (Lipinski definition) is 0. The zero-order valence-corrected chi connectivity index (χ0v) is 14.6. The van der Waals surface area contributed by atoms with Crippen LogP contribution in [0.25, 0.3) is 28.1 Å². The number of para-hydroxylation sites is 1. The molecule has 0 bridgehead atoms. The first kappa shape index (κ1) is 16.3. The Morgan fingerprint density at radius 2 is 1.54 bits per heavy atom. The largest absolute Gasteiger partial charge is 0.283 e. The van der Waals surface area contributed by atoms with Gasteiger partial charge in [0.2, 0.25) is 0 Å². The van der Waals surface area contributed by atoms with E-state index in [2.05, 4.69) is 4.98 Å². The highest BCUT2D eigenvalue weighted by molar-refractivity contribution is 6.30. The van der Waals surface area contributed by atoms with Crippen LogP contribution < -0.4 is 5.56 Å². The van der Waals surface area contributed by atoms with Gasteiger partial charge in [-0.3, -0.25) is 14.3 Å². The molecule has 0 saturated carbocycles. The van der Waals surface area contributed by atoms with Crippen LogP contribution in [0.2, 0.25) is 5.02 Å². The van der Waals surface area contributed by atoms with Gasteiger partial charge >= 0.3 is 0 Å². The smallest absolute Gasteiger partial charge is 0.262 e. The average Bonchev–Trinajstić information content (AvgIpc) is 2.70. The van der Waals surface area contributed by atoms with Gasteiger partial charge in [0, 0.05) is 34.2 Å². The van der Waals surface area contributed by atoms with Gasteiger partial charge in [0.25, 0.3) is 5.56 Å². The lowest BCUT2D eigenvalue weighted by molar-refractivity contribution is 0.993. The van der Waals surface area contributed by atoms with Crippen LogP contribution >= 0.6 is 11.6 Å². The monoisotopic (exact) mass is 358 g/mol. The molecule has 0 aliphatic heterocycles. The van der Waals surface area contributed by atoms with Gasteiger partial charge in [-0.25, -0.2) is 0 Å². The van der Waals surface area contributed by atoms with Crippen molar-refractivity contribution >= 4 is 11.6 Å². The van der Waals surface area contributed by atoms with Crippen molar-refractivity contribution in [3.63, 3.8) is 0 Å². The summed E-state index contributed by atoms with van der Waals surface area (Å²) in [5, 5.41) is 0.637. The maximum Gasteiger partial charge on any atom is 0.262 e. The number of pyridine rings is 2. The molecular formula is C22H15ClN2O. The van der Waals surface area contributed by atoms with Gasteiger partial charge in [-0.1, -0.05) is 48.0 Å². The molecule has 0 aliphatic rings. The molecule has 0 amide bonds. The summed E-state index contributed by atoms with van der Waals surface area (Å²) in [4.78, 5) is 17.6. The summed E-state index contributed by atoms with van der Waals surface area (Å²) < 4.78 is 1.66. The molecule has 0 aliphatic carbocycles. The molecule has 0 N–H and O–H groups in total. The zero-order valence-electron chi connectivity index (χ0n) is 13.8. The highest BCUT2D eigenvalue weighted by atomic mass is 35.5. The van der Waals surface area contributed by atoms with E-state index in [0.29, 0.717) is 10.6 Å². The minimum atomic E-state index is -0.0850. The Kier molecular flexibility index (Phi) is 4.38. The standard InChI is InChI=1S/C22H15ClN2O/c23-18-11-9-16(10-12-18)20-14-17(21-8-4-5-13-24-21)15-25(22(20)26)19-6-2-1-3-7-19/h1-15H. The third-order valence-electron chi connectivity index (χ3n) is 4.17. The number of aromatic nitrogens is 2. The molecule has 26 heavy (non-hydrogen) atoms. The first-order valence-corrected chi connectivity index (χ1v) is 8.60. The van der Waals surface area contributed by atoms with Crippen LogP contribution in [-0.4, -0.2) is 9.55 Å². The van der Waals surface area contributed by atoms with Crippen LogP contribution in [0.1, 0.15) is 0 Å². The second kappa shape index (κ2) is 6.98. The maximum atomic E-state index is 13.1. The van der Waals surface area contributed by atoms with Gasteiger partial charge in [-0.05, 0) is 48.0 Å². The topological polar surface area (TPSA) is 34.9 Å². The summed E-state index contributed by atoms with van der Waals surface area (Å²) in [7, 11) is 0. The van der Waals surface area contributed by atoms with E-state index < -0.39 is 0 Å². The number of halogens is 1. The fourth-order valence-corrected chi connectivity index (χ4v) is 3.00. The minimum Gasteiger partial charge on any atom is -0.283 e. The number of hydrogen-bond acceptors (Lipinski definition) is 2. The summed E-state index contributed by atoms with van der Waals surface area (Å²) >= 11 is 6.00. The lowest BCUT2D eigenvalue weighted by Gasteiger charge is -2.12. The third-order valence-corrected chi connectivity index (χ3v) is 4.42. The molecular weight excluding hydrogens is 344 g/mol. The highest BCUT2D eigenvalue weighted by Crippen LogP contribution is 2.24. The van der Waals surface area contributed by atoms with Gasteiger partial charge in [0.15, 0.2) is 0 Å². The van der Waals surface area contributed by atoms with E-state index in [1.807, 2.05) is 72.9 Å². The average molecular weight is 359 g/mol. The third kappa shape index (κ3) is 3.17. The summed E-state index contributed by atoms with van der Waals surface area (Å²) in [5.41, 5.74) is 3.84. The molecule has 0 saturated heterocycles. The van der Waals surface area contributed by atoms with Gasteiger partial charge in [-0.15, -0.1) is 0 Å². The Morgan fingerprint density at radius 1 is 0.808 bits per heavy atom. The number of rotatable bonds is 3. The van der Waals surface area contributed by atoms with Crippen molar-refractivity contribution in [2.45, 2.75) is 0 Å². The van der Waals surface area contributed by atoms with Crippen LogP contribution in [0.4, 0.5) is 0 Å². The van der Waals surface area contributed by atoms with Crippen LogP contribution in [0, 0.1) is 0 Å². The van der Waals surface area contributed by atoms with Crippen LogP contribution in [0.5, 0.6) is 0 Å². The molecule has 126 valence electrons. The molecule has 2 aromatic heterocycles. The molecule has 2 heterocycles. The van der Waals surface area contributed by atoms with Gasteiger partial charge in [0.05, 0.1) is 5.69 Å². The van der Waals surface area contributed by atoms with Crippen molar-refractivity contribution in [3.05, 3.63) is 107 Å². The zero-order chi connectivity index (χ0) is 17.9. The SMILES string of the molecule is O=c1c(-c2ccc(Cl)cc2)cc(-c2ccccn2)cn1-c1ccccc1. The van der Waals surface area contributed by atoms with Gasteiger partial charge < -0.3 is 0 Å². The van der Waals surface area contributed by atoms with Crippen molar-refractivity contribution in [3.8, 4) is 28.1 Å². The molecule has 4 heteroatoms. The first-order chi connectivity index (χ1) is 12.7. The molecule has 3 nitrogen and oxygen atoms in total. The fourth-order valence-electron chi connectivity index (χ4n) is 2.87. The Morgan fingerprint density at radius 3 is 2.23 bits per heavy atom. The van der Waals surface area contributed by atoms with E-state index >= 15 is 0 Å². The molecule has 2 aromatic carbocycles. The second-order valence-corrected chi connectivity index (χ2v) is 6.31. The van der Waals surface area contributed by atoms with Crippen molar-refractivity contribution < 1.29 is 0 Å². The van der Waals surface area contributed by atoms with Crippen molar-refractivity contribution in [2.24, 2.45) is 0 Å². The van der Waals surface area contributed by atoms with Crippen molar-refractivity contribution in [1.82, 2.24) is 9.55 Å². The van der Waals surface area contributed by atoms with Gasteiger partial charge in [0.1, 0.15) is 0 Å². The summed E-state index contributed by atoms with van der Waals surface area (Å²) in [6.07, 6.45) is 3.58. The Labute approximate surface area is 156 Å². The van der Waals surface area contributed by atoms with E-state index in [0.717, 1.165) is 22.5 Å². The highest BCUT2D eigenvalue weighted by Gasteiger charge is 2.12. The predicted molar refractivity (Wildman–Crippen MR) is 106 cm³/mol. The minimum absolute atomic E-state index is 0.0850. The summed E-state index contributed by atoms with van der Waals surface area (Å²) in [5.74, 6) is 0. The maximum absolute atomic E-state index is 13.1. The van der Waals surface area contributed by atoms with E-state index in [1.165, 1.54) is 0 Å². The molecule has 4 rings (SSSR count). The first-order valence-electron chi connectivity index (χ1n) is 8.22. The number of benzene rings is 2. The van der Waals surface area contributed by atoms with Crippen LogP contribution in [0.3, 0.4) is 0 Å². The van der Waals surface area contributed by atoms with E-state index in [9.17, 15) is 4.79 Å². The van der Waals surface area contributed by atoms with Gasteiger partial charge in [-0.2, -0.15) is 0 Å². The molecule has 0 unspecified atom stereocenters. The van der Waals surface area contributed by atoms with E-state index in [-0.39, 0.29) is 5.56 Å². The summed E-state index contributed by atoms with van der Waals surface area (Å²) in [6.45, 7) is 0. The Balaban J connectivity index is 1.99. The Hall–Kier alpha value is -3.17. The number of nitrogens with zero attached hydrogens (tertiary/aromatic N) is 2. The normalized spacial score (nSPS) is 10.7. The molecule has 0 radical (unpaired) electrons. The van der Waals surface area contributed by atoms with Crippen LogP contribution in [-0.2, 0) is 0 Å². The molecule has 0 fully saturated rings. The lowest BCUT2D eigenvalue weighted by atomic mass is 10.0. The second-order valence-electron chi connectivity index (χ2n) is 5.88. The quantitative estimate of drug-likeness (QED) is 0.503. The van der Waals surface area contributed by atoms with Crippen molar-refractivity contribution in [2.75, 3.05) is 0 Å². The predicted octanol–water partition coefficient (Wildman–Crippen LogP) is 5.22. The van der Waals surface area contributed by atoms with E-state index in [4.69, 9.17) is 11.6 Å². The lowest BCUT2D eigenvalue weighted by Crippen LogP contribution is -2.20. The molecule has 0 spiro atoms. The van der Waals surface area contributed by atoms with E-state index in [1.54, 1.807) is 22.9 Å². The fraction of sp³-hybridized carbons (Fsp3) is 0. The molecule has 0 atom stereocenters.